The molecule has 1 aliphatic rings. The third-order valence-electron chi connectivity index (χ3n) is 4.67. The summed E-state index contributed by atoms with van der Waals surface area (Å²) in [6.45, 7) is 7.03. The molecule has 144 valence electrons. The Morgan fingerprint density at radius 2 is 1.89 bits per heavy atom. The number of amides is 2. The summed E-state index contributed by atoms with van der Waals surface area (Å²) in [5.74, 6) is 0.686. The van der Waals surface area contributed by atoms with Crippen LogP contribution in [0.3, 0.4) is 0 Å². The zero-order chi connectivity index (χ0) is 19.4. The molecule has 1 fully saturated rings. The van der Waals surface area contributed by atoms with E-state index in [4.69, 9.17) is 9.15 Å². The number of hydrogen-bond acceptors (Lipinski definition) is 5. The van der Waals surface area contributed by atoms with Gasteiger partial charge in [-0.1, -0.05) is 17.7 Å². The number of ether oxygens (including phenoxy) is 1. The second-order valence-corrected chi connectivity index (χ2v) is 6.72. The average Bonchev–Trinajstić information content (AvgIpc) is 3.05. The minimum atomic E-state index is -0.294. The van der Waals surface area contributed by atoms with E-state index < -0.39 is 0 Å². The Kier molecular flexibility index (Phi) is 5.78. The number of aromatic nitrogens is 1. The van der Waals surface area contributed by atoms with Gasteiger partial charge in [-0.3, -0.25) is 4.79 Å². The maximum Gasteiger partial charge on any atom is 0.409 e. The van der Waals surface area contributed by atoms with Crippen LogP contribution in [0.15, 0.2) is 28.7 Å². The molecule has 0 unspecified atom stereocenters. The fourth-order valence-corrected chi connectivity index (χ4v) is 3.10. The van der Waals surface area contributed by atoms with E-state index in [0.29, 0.717) is 49.9 Å². The first-order valence-electron chi connectivity index (χ1n) is 9.25. The Morgan fingerprint density at radius 1 is 1.22 bits per heavy atom. The van der Waals surface area contributed by atoms with Crippen LogP contribution in [0.25, 0.3) is 11.5 Å². The van der Waals surface area contributed by atoms with Crippen LogP contribution in [0.1, 0.15) is 41.6 Å². The largest absolute Gasteiger partial charge is 0.450 e. The van der Waals surface area contributed by atoms with Crippen LogP contribution in [0, 0.1) is 13.8 Å². The third kappa shape index (κ3) is 4.48. The van der Waals surface area contributed by atoms with Crippen molar-refractivity contribution in [3.63, 3.8) is 0 Å². The van der Waals surface area contributed by atoms with Gasteiger partial charge in [0.1, 0.15) is 5.76 Å². The zero-order valence-corrected chi connectivity index (χ0v) is 15.9. The molecule has 3 rings (SSSR count). The van der Waals surface area contributed by atoms with Crippen LogP contribution in [0.4, 0.5) is 4.79 Å². The lowest BCUT2D eigenvalue weighted by Crippen LogP contribution is -2.46. The highest BCUT2D eigenvalue weighted by atomic mass is 16.6. The van der Waals surface area contributed by atoms with E-state index in [-0.39, 0.29) is 18.0 Å². The Bertz CT molecular complexity index is 805. The van der Waals surface area contributed by atoms with Crippen molar-refractivity contribution in [2.75, 3.05) is 19.7 Å². The lowest BCUT2D eigenvalue weighted by molar-refractivity contribution is 0.0856. The van der Waals surface area contributed by atoms with E-state index in [1.165, 1.54) is 0 Å². The maximum absolute atomic E-state index is 12.6. The normalized spacial score (nSPS) is 14.9. The van der Waals surface area contributed by atoms with Crippen LogP contribution >= 0.6 is 0 Å². The first kappa shape index (κ1) is 18.9. The molecular weight excluding hydrogens is 346 g/mol. The van der Waals surface area contributed by atoms with Crippen LogP contribution in [0.5, 0.6) is 0 Å². The fraction of sp³-hybridized carbons (Fsp3) is 0.450. The van der Waals surface area contributed by atoms with Crippen molar-refractivity contribution in [1.82, 2.24) is 15.2 Å². The topological polar surface area (TPSA) is 84.7 Å². The molecule has 2 heterocycles. The van der Waals surface area contributed by atoms with Crippen molar-refractivity contribution in [3.05, 3.63) is 41.3 Å². The van der Waals surface area contributed by atoms with Crippen LogP contribution in [-0.2, 0) is 4.74 Å². The molecule has 7 heteroatoms. The SMILES string of the molecule is CCOC(=O)N1CCC(NC(=O)c2nc(-c3ccc(C)cc3)oc2C)CC1. The number of carbonyl (C=O) groups is 2. The Hall–Kier alpha value is -2.83. The number of piperidine rings is 1. The lowest BCUT2D eigenvalue weighted by atomic mass is 10.1. The number of benzene rings is 1. The molecule has 0 saturated carbocycles. The van der Waals surface area contributed by atoms with Crippen molar-refractivity contribution in [2.24, 2.45) is 0 Å². The molecule has 0 aliphatic carbocycles. The maximum atomic E-state index is 12.6. The molecule has 2 amide bonds. The van der Waals surface area contributed by atoms with E-state index in [2.05, 4.69) is 10.3 Å². The van der Waals surface area contributed by atoms with Gasteiger partial charge in [-0.05, 0) is 45.7 Å². The van der Waals surface area contributed by atoms with Gasteiger partial charge in [0, 0.05) is 24.7 Å². The second-order valence-electron chi connectivity index (χ2n) is 6.72. The van der Waals surface area contributed by atoms with Gasteiger partial charge in [0.25, 0.3) is 5.91 Å². The summed E-state index contributed by atoms with van der Waals surface area (Å²) in [5.41, 5.74) is 2.29. The number of carbonyl (C=O) groups excluding carboxylic acids is 2. The molecule has 0 radical (unpaired) electrons. The van der Waals surface area contributed by atoms with E-state index in [0.717, 1.165) is 11.1 Å². The molecule has 7 nitrogen and oxygen atoms in total. The molecule has 2 aromatic rings. The number of oxazole rings is 1. The van der Waals surface area contributed by atoms with Crippen molar-refractivity contribution in [3.8, 4) is 11.5 Å². The van der Waals surface area contributed by atoms with Gasteiger partial charge in [0.2, 0.25) is 5.89 Å². The van der Waals surface area contributed by atoms with Gasteiger partial charge < -0.3 is 19.4 Å². The quantitative estimate of drug-likeness (QED) is 0.891. The minimum Gasteiger partial charge on any atom is -0.450 e. The number of hydrogen-bond donors (Lipinski definition) is 1. The number of rotatable bonds is 4. The van der Waals surface area contributed by atoms with E-state index >= 15 is 0 Å². The molecule has 1 N–H and O–H groups in total. The van der Waals surface area contributed by atoms with Crippen molar-refractivity contribution in [2.45, 2.75) is 39.7 Å². The zero-order valence-electron chi connectivity index (χ0n) is 15.9. The highest BCUT2D eigenvalue weighted by Gasteiger charge is 2.26. The molecule has 0 atom stereocenters. The number of nitrogens with zero attached hydrogens (tertiary/aromatic N) is 2. The summed E-state index contributed by atoms with van der Waals surface area (Å²) in [5, 5.41) is 3.00. The second kappa shape index (κ2) is 8.24. The van der Waals surface area contributed by atoms with Crippen molar-refractivity contribution >= 4 is 12.0 Å². The van der Waals surface area contributed by atoms with Crippen molar-refractivity contribution in [1.29, 1.82) is 0 Å². The van der Waals surface area contributed by atoms with E-state index in [1.54, 1.807) is 18.7 Å². The Balaban J connectivity index is 1.60. The summed E-state index contributed by atoms with van der Waals surface area (Å²) in [6.07, 6.45) is 1.08. The predicted octanol–water partition coefficient (Wildman–Crippen LogP) is 3.31. The highest BCUT2D eigenvalue weighted by molar-refractivity contribution is 5.93. The van der Waals surface area contributed by atoms with Gasteiger partial charge in [-0.2, -0.15) is 0 Å². The number of aryl methyl sites for hydroxylation is 2. The monoisotopic (exact) mass is 371 g/mol. The average molecular weight is 371 g/mol. The summed E-state index contributed by atoms with van der Waals surface area (Å²) in [4.78, 5) is 30.4. The third-order valence-corrected chi connectivity index (χ3v) is 4.67. The van der Waals surface area contributed by atoms with Crippen LogP contribution in [-0.4, -0.2) is 47.6 Å². The molecule has 1 saturated heterocycles. The predicted molar refractivity (Wildman–Crippen MR) is 100 cm³/mol. The van der Waals surface area contributed by atoms with Crippen LogP contribution < -0.4 is 5.32 Å². The molecular formula is C20H25N3O4. The first-order valence-corrected chi connectivity index (χ1v) is 9.25. The number of likely N-dealkylation sites (tertiary alicyclic amines) is 1. The van der Waals surface area contributed by atoms with Gasteiger partial charge in [-0.25, -0.2) is 9.78 Å². The summed E-state index contributed by atoms with van der Waals surface area (Å²) >= 11 is 0. The van der Waals surface area contributed by atoms with Gasteiger partial charge in [0.05, 0.1) is 6.61 Å². The standard InChI is InChI=1S/C20H25N3O4/c1-4-26-20(25)23-11-9-16(10-12-23)21-18(24)17-14(3)27-19(22-17)15-7-5-13(2)6-8-15/h5-8,16H,4,9-12H2,1-3H3,(H,21,24). The van der Waals surface area contributed by atoms with E-state index in [1.807, 2.05) is 31.2 Å². The first-order chi connectivity index (χ1) is 13.0. The molecule has 0 spiro atoms. The molecule has 27 heavy (non-hydrogen) atoms. The minimum absolute atomic E-state index is 0.00195. The van der Waals surface area contributed by atoms with Gasteiger partial charge in [-0.15, -0.1) is 0 Å². The summed E-state index contributed by atoms with van der Waals surface area (Å²) in [6, 6.07) is 7.81. The van der Waals surface area contributed by atoms with E-state index in [9.17, 15) is 9.59 Å². The summed E-state index contributed by atoms with van der Waals surface area (Å²) < 4.78 is 10.7. The van der Waals surface area contributed by atoms with Crippen molar-refractivity contribution < 1.29 is 18.7 Å². The van der Waals surface area contributed by atoms with Gasteiger partial charge in [0.15, 0.2) is 5.69 Å². The van der Waals surface area contributed by atoms with Gasteiger partial charge >= 0.3 is 6.09 Å². The lowest BCUT2D eigenvalue weighted by Gasteiger charge is -2.31. The summed E-state index contributed by atoms with van der Waals surface area (Å²) in [7, 11) is 0. The smallest absolute Gasteiger partial charge is 0.409 e. The Morgan fingerprint density at radius 3 is 2.52 bits per heavy atom. The number of nitrogens with one attached hydrogen (secondary N) is 1. The Labute approximate surface area is 158 Å². The fourth-order valence-electron chi connectivity index (χ4n) is 3.10. The molecule has 1 aromatic carbocycles. The molecule has 1 aromatic heterocycles. The molecule has 1 aliphatic heterocycles. The van der Waals surface area contributed by atoms with Crippen LogP contribution in [0.2, 0.25) is 0 Å². The highest BCUT2D eigenvalue weighted by Crippen LogP contribution is 2.22. The molecule has 0 bridgehead atoms.